The molecule has 0 fully saturated rings. The third-order valence-corrected chi connectivity index (χ3v) is 2.17. The molecule has 0 saturated heterocycles. The maximum Gasteiger partial charge on any atom is 0.252 e. The first-order chi connectivity index (χ1) is 7.93. The van der Waals surface area contributed by atoms with E-state index < -0.39 is 17.9 Å². The van der Waals surface area contributed by atoms with E-state index in [1.54, 1.807) is 0 Å². The summed E-state index contributed by atoms with van der Waals surface area (Å²) in [6.07, 6.45) is 0. The van der Waals surface area contributed by atoms with Crippen LogP contribution in [0, 0.1) is 0 Å². The van der Waals surface area contributed by atoms with Crippen LogP contribution in [0.2, 0.25) is 5.15 Å². The van der Waals surface area contributed by atoms with Crippen LogP contribution in [0.25, 0.3) is 0 Å². The van der Waals surface area contributed by atoms with Crippen molar-refractivity contribution < 1.29 is 9.59 Å². The molecular formula is C9H12ClN5O2. The molecule has 7 nitrogen and oxygen atoms in total. The van der Waals surface area contributed by atoms with Crippen molar-refractivity contribution in [2.24, 2.45) is 11.6 Å². The molecule has 1 atom stereocenters. The highest BCUT2D eigenvalue weighted by Crippen LogP contribution is 2.13. The lowest BCUT2D eigenvalue weighted by Crippen LogP contribution is -2.42. The van der Waals surface area contributed by atoms with E-state index in [4.69, 9.17) is 23.2 Å². The number of hydrogen-bond donors (Lipinski definition) is 4. The minimum Gasteiger partial charge on any atom is -0.368 e. The highest BCUT2D eigenvalue weighted by Gasteiger charge is 2.15. The summed E-state index contributed by atoms with van der Waals surface area (Å²) in [4.78, 5) is 26.3. The number of carbonyl (C=O) groups excluding carboxylic acids is 2. The molecule has 17 heavy (non-hydrogen) atoms. The maximum absolute atomic E-state index is 11.7. The summed E-state index contributed by atoms with van der Waals surface area (Å²) < 4.78 is 0. The number of primary amides is 1. The van der Waals surface area contributed by atoms with Gasteiger partial charge in [-0.15, -0.1) is 0 Å². The molecule has 6 N–H and O–H groups in total. The van der Waals surface area contributed by atoms with Crippen LogP contribution in [0.5, 0.6) is 0 Å². The first-order valence-electron chi connectivity index (χ1n) is 4.68. The molecule has 1 aromatic heterocycles. The molecule has 0 aliphatic carbocycles. The average molecular weight is 258 g/mol. The Morgan fingerprint density at radius 1 is 1.47 bits per heavy atom. The molecule has 1 unspecified atom stereocenters. The topological polar surface area (TPSA) is 123 Å². The summed E-state index contributed by atoms with van der Waals surface area (Å²) in [6.45, 7) is 1.48. The van der Waals surface area contributed by atoms with Crippen LogP contribution in [0.4, 0.5) is 5.82 Å². The summed E-state index contributed by atoms with van der Waals surface area (Å²) >= 11 is 5.69. The van der Waals surface area contributed by atoms with Crippen LogP contribution < -0.4 is 22.3 Å². The molecule has 0 aromatic carbocycles. The second kappa shape index (κ2) is 5.46. The van der Waals surface area contributed by atoms with Gasteiger partial charge in [-0.3, -0.25) is 9.59 Å². The number of anilines is 1. The Kier molecular flexibility index (Phi) is 4.24. The Morgan fingerprint density at radius 2 is 2.12 bits per heavy atom. The largest absolute Gasteiger partial charge is 0.368 e. The normalized spacial score (nSPS) is 11.7. The Balaban J connectivity index is 2.88. The van der Waals surface area contributed by atoms with Gasteiger partial charge in [0.25, 0.3) is 5.91 Å². The Hall–Kier alpha value is -1.86. The summed E-state index contributed by atoms with van der Waals surface area (Å²) in [5.74, 6) is 4.29. The van der Waals surface area contributed by atoms with Gasteiger partial charge in [-0.2, -0.15) is 0 Å². The maximum atomic E-state index is 11.7. The number of carbonyl (C=O) groups is 2. The van der Waals surface area contributed by atoms with Crippen molar-refractivity contribution in [3.8, 4) is 0 Å². The fourth-order valence-corrected chi connectivity index (χ4v) is 1.26. The number of aromatic nitrogens is 1. The zero-order chi connectivity index (χ0) is 13.0. The van der Waals surface area contributed by atoms with Crippen LogP contribution in [0.15, 0.2) is 12.1 Å². The lowest BCUT2D eigenvalue weighted by molar-refractivity contribution is -0.119. The number of nitrogens with one attached hydrogen (secondary N) is 2. The molecule has 0 radical (unpaired) electrons. The monoisotopic (exact) mass is 257 g/mol. The van der Waals surface area contributed by atoms with Crippen molar-refractivity contribution in [3.05, 3.63) is 22.8 Å². The smallest absolute Gasteiger partial charge is 0.252 e. The van der Waals surface area contributed by atoms with E-state index in [-0.39, 0.29) is 16.5 Å². The van der Waals surface area contributed by atoms with Gasteiger partial charge in [0.05, 0.1) is 0 Å². The summed E-state index contributed by atoms with van der Waals surface area (Å²) in [5, 5.41) is 2.51. The molecule has 1 heterocycles. The van der Waals surface area contributed by atoms with Gasteiger partial charge in [0, 0.05) is 5.56 Å². The van der Waals surface area contributed by atoms with E-state index in [9.17, 15) is 9.59 Å². The fourth-order valence-electron chi connectivity index (χ4n) is 1.05. The summed E-state index contributed by atoms with van der Waals surface area (Å²) in [6, 6.07) is 1.98. The number of pyridine rings is 1. The van der Waals surface area contributed by atoms with Crippen molar-refractivity contribution in [1.29, 1.82) is 0 Å². The lowest BCUT2D eigenvalue weighted by atomic mass is 10.2. The van der Waals surface area contributed by atoms with E-state index in [2.05, 4.69) is 15.7 Å². The van der Waals surface area contributed by atoms with E-state index in [1.165, 1.54) is 19.1 Å². The van der Waals surface area contributed by atoms with Gasteiger partial charge in [0.1, 0.15) is 17.0 Å². The van der Waals surface area contributed by atoms with E-state index >= 15 is 0 Å². The van der Waals surface area contributed by atoms with Crippen molar-refractivity contribution in [2.45, 2.75) is 13.0 Å². The Bertz CT molecular complexity index is 451. The molecule has 0 aliphatic rings. The van der Waals surface area contributed by atoms with Gasteiger partial charge < -0.3 is 16.5 Å². The molecule has 0 spiro atoms. The number of halogens is 1. The predicted molar refractivity (Wildman–Crippen MR) is 63.2 cm³/mol. The second-order valence-corrected chi connectivity index (χ2v) is 3.69. The van der Waals surface area contributed by atoms with Crippen molar-refractivity contribution in [2.75, 3.05) is 5.43 Å². The molecule has 1 rings (SSSR count). The van der Waals surface area contributed by atoms with Crippen LogP contribution in [-0.2, 0) is 4.79 Å². The van der Waals surface area contributed by atoms with Crippen molar-refractivity contribution in [3.63, 3.8) is 0 Å². The molecule has 0 aliphatic heterocycles. The number of rotatable bonds is 4. The summed E-state index contributed by atoms with van der Waals surface area (Å²) in [5.41, 5.74) is 7.52. The van der Waals surface area contributed by atoms with Gasteiger partial charge in [-0.25, -0.2) is 10.8 Å². The van der Waals surface area contributed by atoms with Crippen molar-refractivity contribution in [1.82, 2.24) is 10.3 Å². The zero-order valence-corrected chi connectivity index (χ0v) is 9.78. The number of amides is 2. The van der Waals surface area contributed by atoms with Crippen LogP contribution in [0.3, 0.4) is 0 Å². The summed E-state index contributed by atoms with van der Waals surface area (Å²) in [7, 11) is 0. The third kappa shape index (κ3) is 3.58. The van der Waals surface area contributed by atoms with E-state index in [0.717, 1.165) is 0 Å². The van der Waals surface area contributed by atoms with E-state index in [0.29, 0.717) is 0 Å². The minimum atomic E-state index is -0.774. The first kappa shape index (κ1) is 13.2. The highest BCUT2D eigenvalue weighted by molar-refractivity contribution is 6.29. The Labute approximate surface area is 102 Å². The standard InChI is InChI=1S/C9H12ClN5O2/c1-4(8(11)16)13-9(17)5-2-6(10)14-7(3-5)15-12/h2-4H,12H2,1H3,(H2,11,16)(H,13,17)(H,14,15). The molecule has 0 bridgehead atoms. The van der Waals surface area contributed by atoms with Gasteiger partial charge >= 0.3 is 0 Å². The highest BCUT2D eigenvalue weighted by atomic mass is 35.5. The van der Waals surface area contributed by atoms with E-state index in [1.807, 2.05) is 0 Å². The second-order valence-electron chi connectivity index (χ2n) is 3.31. The average Bonchev–Trinajstić information content (AvgIpc) is 2.27. The van der Waals surface area contributed by atoms with Crippen molar-refractivity contribution >= 4 is 29.2 Å². The van der Waals surface area contributed by atoms with Crippen LogP contribution in [-0.4, -0.2) is 22.8 Å². The number of hydrazine groups is 1. The lowest BCUT2D eigenvalue weighted by Gasteiger charge is -2.10. The number of nitrogens with zero attached hydrogens (tertiary/aromatic N) is 1. The molecule has 2 amide bonds. The molecule has 1 aromatic rings. The Morgan fingerprint density at radius 3 is 2.65 bits per heavy atom. The number of nitrogen functional groups attached to an aromatic ring is 1. The molecule has 8 heteroatoms. The zero-order valence-electron chi connectivity index (χ0n) is 9.03. The minimum absolute atomic E-state index is 0.109. The van der Waals surface area contributed by atoms with Gasteiger partial charge in [-0.05, 0) is 19.1 Å². The number of hydrogen-bond acceptors (Lipinski definition) is 5. The van der Waals surface area contributed by atoms with Gasteiger partial charge in [0.2, 0.25) is 5.91 Å². The molecule has 0 saturated carbocycles. The fraction of sp³-hybridized carbons (Fsp3) is 0.222. The predicted octanol–water partition coefficient (Wildman–Crippen LogP) is -0.376. The van der Waals surface area contributed by atoms with Gasteiger partial charge in [-0.1, -0.05) is 11.6 Å². The molecule has 92 valence electrons. The van der Waals surface area contributed by atoms with Gasteiger partial charge in [0.15, 0.2) is 0 Å². The van der Waals surface area contributed by atoms with Crippen LogP contribution in [0.1, 0.15) is 17.3 Å². The first-order valence-corrected chi connectivity index (χ1v) is 5.06. The number of nitrogens with two attached hydrogens (primary N) is 2. The third-order valence-electron chi connectivity index (χ3n) is 1.98. The quantitative estimate of drug-likeness (QED) is 0.333. The molecular weight excluding hydrogens is 246 g/mol. The van der Waals surface area contributed by atoms with Crippen LogP contribution >= 0.6 is 11.6 Å². The SMILES string of the molecule is CC(NC(=O)c1cc(Cl)nc(NN)c1)C(N)=O.